The van der Waals surface area contributed by atoms with Crippen LogP contribution in [0.2, 0.25) is 0 Å². The number of aromatic nitrogens is 3. The highest BCUT2D eigenvalue weighted by molar-refractivity contribution is 6.23. The van der Waals surface area contributed by atoms with E-state index in [9.17, 15) is 9.59 Å². The minimum absolute atomic E-state index is 0.0463. The first-order chi connectivity index (χ1) is 13.5. The number of rotatable bonds is 2. The third-order valence-electron chi connectivity index (χ3n) is 7.48. The molecule has 3 amide bonds. The van der Waals surface area contributed by atoms with Crippen LogP contribution in [0.3, 0.4) is 0 Å². The van der Waals surface area contributed by atoms with Gasteiger partial charge in [-0.25, -0.2) is 14.7 Å². The predicted molar refractivity (Wildman–Crippen MR) is 102 cm³/mol. The normalized spacial score (nSPS) is 35.8. The summed E-state index contributed by atoms with van der Waals surface area (Å²) in [5.41, 5.74) is 0.805. The van der Waals surface area contributed by atoms with Crippen molar-refractivity contribution in [1.82, 2.24) is 20.1 Å². The number of aryl methyl sites for hydroxylation is 1. The van der Waals surface area contributed by atoms with Crippen LogP contribution in [0.1, 0.15) is 32.1 Å². The molecular formula is C21H23N5O2. The quantitative estimate of drug-likeness (QED) is 0.816. The number of carbonyl (C=O) groups is 2. The molecule has 1 spiro atoms. The summed E-state index contributed by atoms with van der Waals surface area (Å²) < 4.78 is 1.65. The number of imide groups is 1. The van der Waals surface area contributed by atoms with E-state index in [1.165, 1.54) is 11.3 Å². The van der Waals surface area contributed by atoms with E-state index in [4.69, 9.17) is 0 Å². The monoisotopic (exact) mass is 377 g/mol. The van der Waals surface area contributed by atoms with Crippen LogP contribution in [0.5, 0.6) is 0 Å². The van der Waals surface area contributed by atoms with Crippen LogP contribution >= 0.6 is 0 Å². The molecule has 4 aliphatic carbocycles. The number of anilines is 1. The maximum Gasteiger partial charge on any atom is 0.329 e. The van der Waals surface area contributed by atoms with Crippen LogP contribution in [0.15, 0.2) is 30.6 Å². The van der Waals surface area contributed by atoms with Gasteiger partial charge in [-0.3, -0.25) is 9.48 Å². The third-order valence-corrected chi connectivity index (χ3v) is 7.48. The lowest BCUT2D eigenvalue weighted by atomic mass is 9.48. The molecule has 2 aromatic rings. The van der Waals surface area contributed by atoms with E-state index in [1.807, 2.05) is 31.3 Å². The van der Waals surface area contributed by atoms with Crippen molar-refractivity contribution in [2.45, 2.75) is 37.6 Å². The van der Waals surface area contributed by atoms with Gasteiger partial charge in [-0.05, 0) is 80.0 Å². The summed E-state index contributed by atoms with van der Waals surface area (Å²) in [6.45, 7) is 0. The number of carbonyl (C=O) groups excluding carboxylic acids is 2. The summed E-state index contributed by atoms with van der Waals surface area (Å²) in [7, 11) is 1.82. The van der Waals surface area contributed by atoms with Gasteiger partial charge in [0.2, 0.25) is 0 Å². The van der Waals surface area contributed by atoms with Crippen molar-refractivity contribution < 1.29 is 9.59 Å². The lowest BCUT2D eigenvalue weighted by molar-refractivity contribution is -0.138. The molecule has 1 saturated heterocycles. The average molecular weight is 377 g/mol. The SMILES string of the molecule is Cn1cnc(-c2ccc(N3C(=O)NC4(C3=O)C3CC5CC(C3)CC4C5)cc2)n1. The molecule has 1 aromatic carbocycles. The van der Waals surface area contributed by atoms with Crippen LogP contribution in [-0.4, -0.2) is 32.2 Å². The molecule has 0 atom stereocenters. The Morgan fingerprint density at radius 1 is 1.00 bits per heavy atom. The highest BCUT2D eigenvalue weighted by atomic mass is 16.2. The number of amides is 3. The molecule has 2 heterocycles. The molecule has 1 N–H and O–H groups in total. The maximum absolute atomic E-state index is 13.6. The standard InChI is InChI=1S/C21H23N5O2/c1-25-11-22-18(24-25)14-2-4-17(5-3-14)26-19(27)21(23-20(26)28)15-7-12-6-13(9-15)10-16(21)8-12/h2-5,11-13,15-16H,6-10H2,1H3,(H,23,28). The van der Waals surface area contributed by atoms with Gasteiger partial charge < -0.3 is 5.32 Å². The van der Waals surface area contributed by atoms with E-state index in [2.05, 4.69) is 15.4 Å². The van der Waals surface area contributed by atoms with Crippen molar-refractivity contribution in [2.75, 3.05) is 4.90 Å². The summed E-state index contributed by atoms with van der Waals surface area (Å²) in [5, 5.41) is 7.47. The van der Waals surface area contributed by atoms with Crippen molar-refractivity contribution in [3.05, 3.63) is 30.6 Å². The van der Waals surface area contributed by atoms with Crippen molar-refractivity contribution in [3.63, 3.8) is 0 Å². The molecule has 7 nitrogen and oxygen atoms in total. The number of hydrogen-bond acceptors (Lipinski definition) is 4. The van der Waals surface area contributed by atoms with Crippen LogP contribution in [0, 0.1) is 23.7 Å². The maximum atomic E-state index is 13.6. The van der Waals surface area contributed by atoms with Gasteiger partial charge in [0.15, 0.2) is 5.82 Å². The number of nitrogens with one attached hydrogen (secondary N) is 1. The summed E-state index contributed by atoms with van der Waals surface area (Å²) in [5.74, 6) is 2.66. The molecule has 28 heavy (non-hydrogen) atoms. The Bertz CT molecular complexity index is 951. The van der Waals surface area contributed by atoms with Gasteiger partial charge in [0.05, 0.1) is 5.69 Å². The summed E-state index contributed by atoms with van der Waals surface area (Å²) in [6, 6.07) is 7.10. The zero-order valence-electron chi connectivity index (χ0n) is 15.8. The van der Waals surface area contributed by atoms with Crippen molar-refractivity contribution in [1.29, 1.82) is 0 Å². The lowest BCUT2D eigenvalue weighted by Crippen LogP contribution is -2.66. The highest BCUT2D eigenvalue weighted by Crippen LogP contribution is 2.59. The van der Waals surface area contributed by atoms with Crippen molar-refractivity contribution in [2.24, 2.45) is 30.7 Å². The molecule has 7 rings (SSSR count). The molecule has 1 aliphatic heterocycles. The van der Waals surface area contributed by atoms with Gasteiger partial charge >= 0.3 is 6.03 Å². The van der Waals surface area contributed by atoms with Gasteiger partial charge in [0.1, 0.15) is 11.9 Å². The van der Waals surface area contributed by atoms with Gasteiger partial charge in [-0.15, -0.1) is 0 Å². The Morgan fingerprint density at radius 3 is 2.21 bits per heavy atom. The fourth-order valence-corrected chi connectivity index (χ4v) is 6.51. The van der Waals surface area contributed by atoms with Gasteiger partial charge in [-0.2, -0.15) is 5.10 Å². The van der Waals surface area contributed by atoms with Crippen LogP contribution in [0.25, 0.3) is 11.4 Å². The Kier molecular flexibility index (Phi) is 3.15. The van der Waals surface area contributed by atoms with E-state index in [1.54, 1.807) is 11.0 Å². The minimum Gasteiger partial charge on any atom is -0.322 e. The van der Waals surface area contributed by atoms with Crippen LogP contribution in [0.4, 0.5) is 10.5 Å². The van der Waals surface area contributed by atoms with E-state index in [0.29, 0.717) is 23.3 Å². The summed E-state index contributed by atoms with van der Waals surface area (Å²) >= 11 is 0. The van der Waals surface area contributed by atoms with E-state index < -0.39 is 5.54 Å². The van der Waals surface area contributed by atoms with Crippen molar-refractivity contribution in [3.8, 4) is 11.4 Å². The second kappa shape index (κ2) is 5.43. The summed E-state index contributed by atoms with van der Waals surface area (Å²) in [4.78, 5) is 32.1. The second-order valence-electron chi connectivity index (χ2n) is 9.03. The highest BCUT2D eigenvalue weighted by Gasteiger charge is 2.66. The zero-order chi connectivity index (χ0) is 19.0. The first kappa shape index (κ1) is 16.3. The molecule has 0 unspecified atom stereocenters. The molecule has 0 radical (unpaired) electrons. The molecule has 4 saturated carbocycles. The second-order valence-corrected chi connectivity index (χ2v) is 9.03. The zero-order valence-corrected chi connectivity index (χ0v) is 15.8. The van der Waals surface area contributed by atoms with E-state index in [-0.39, 0.29) is 11.9 Å². The minimum atomic E-state index is -0.675. The number of nitrogens with zero attached hydrogens (tertiary/aromatic N) is 4. The number of benzene rings is 1. The molecule has 144 valence electrons. The largest absolute Gasteiger partial charge is 0.329 e. The topological polar surface area (TPSA) is 80.1 Å². The Labute approximate surface area is 163 Å². The van der Waals surface area contributed by atoms with E-state index >= 15 is 0 Å². The predicted octanol–water partition coefficient (Wildman–Crippen LogP) is 2.73. The number of hydrogen-bond donors (Lipinski definition) is 1. The Morgan fingerprint density at radius 2 is 1.64 bits per heavy atom. The van der Waals surface area contributed by atoms with Gasteiger partial charge in [0.25, 0.3) is 5.91 Å². The Balaban J connectivity index is 1.33. The fourth-order valence-electron chi connectivity index (χ4n) is 6.51. The first-order valence-corrected chi connectivity index (χ1v) is 10.2. The molecule has 4 bridgehead atoms. The number of urea groups is 1. The van der Waals surface area contributed by atoms with Crippen molar-refractivity contribution >= 4 is 17.6 Å². The molecule has 7 heteroatoms. The van der Waals surface area contributed by atoms with Gasteiger partial charge in [-0.1, -0.05) is 0 Å². The van der Waals surface area contributed by atoms with Crippen LogP contribution in [-0.2, 0) is 11.8 Å². The first-order valence-electron chi connectivity index (χ1n) is 10.2. The molecule has 5 fully saturated rings. The van der Waals surface area contributed by atoms with Crippen LogP contribution < -0.4 is 10.2 Å². The lowest BCUT2D eigenvalue weighted by Gasteiger charge is -2.58. The van der Waals surface area contributed by atoms with E-state index in [0.717, 1.165) is 43.1 Å². The fraction of sp³-hybridized carbons (Fsp3) is 0.524. The smallest absolute Gasteiger partial charge is 0.322 e. The third kappa shape index (κ3) is 2.04. The molecule has 5 aliphatic rings. The molecular weight excluding hydrogens is 354 g/mol. The Hall–Kier alpha value is -2.70. The van der Waals surface area contributed by atoms with Gasteiger partial charge in [0, 0.05) is 12.6 Å². The average Bonchev–Trinajstić information content (AvgIpc) is 3.21. The summed E-state index contributed by atoms with van der Waals surface area (Å²) in [6.07, 6.45) is 7.29. The molecule has 1 aromatic heterocycles.